The third-order valence-electron chi connectivity index (χ3n) is 3.04. The Labute approximate surface area is 130 Å². The Morgan fingerprint density at radius 1 is 1.38 bits per heavy atom. The van der Waals surface area contributed by atoms with Crippen molar-refractivity contribution < 1.29 is 4.74 Å². The van der Waals surface area contributed by atoms with Crippen LogP contribution in [-0.4, -0.2) is 21.3 Å². The molecule has 0 saturated carbocycles. The fraction of sp³-hybridized carbons (Fsp3) is 0.467. The normalized spacial score (nSPS) is 11.1. The maximum absolute atomic E-state index is 6.22. The van der Waals surface area contributed by atoms with Gasteiger partial charge in [-0.15, -0.1) is 0 Å². The first-order chi connectivity index (χ1) is 10.1. The second-order valence-electron chi connectivity index (χ2n) is 5.31. The largest absolute Gasteiger partial charge is 0.484 e. The smallest absolute Gasteiger partial charge is 0.164 e. The van der Waals surface area contributed by atoms with Crippen LogP contribution in [0.5, 0.6) is 5.75 Å². The zero-order valence-electron chi connectivity index (χ0n) is 12.4. The van der Waals surface area contributed by atoms with E-state index in [2.05, 4.69) is 23.9 Å². The first-order valence-corrected chi connectivity index (χ1v) is 7.46. The van der Waals surface area contributed by atoms with Crippen LogP contribution in [-0.2, 0) is 19.6 Å². The van der Waals surface area contributed by atoms with Gasteiger partial charge in [0.15, 0.2) is 5.82 Å². The van der Waals surface area contributed by atoms with Crippen molar-refractivity contribution in [2.75, 3.05) is 6.54 Å². The minimum absolute atomic E-state index is 0.341. The Hall–Kier alpha value is -1.59. The van der Waals surface area contributed by atoms with Crippen LogP contribution in [0, 0.1) is 5.92 Å². The SMILES string of the molecule is CC(C)Cn1ncnc1COc1c(Cl)cccc1CCN. The number of aromatic nitrogens is 3. The summed E-state index contributed by atoms with van der Waals surface area (Å²) in [5, 5.41) is 4.82. The molecule has 21 heavy (non-hydrogen) atoms. The summed E-state index contributed by atoms with van der Waals surface area (Å²) in [4.78, 5) is 4.25. The van der Waals surface area contributed by atoms with E-state index in [1.54, 1.807) is 6.33 Å². The van der Waals surface area contributed by atoms with Gasteiger partial charge < -0.3 is 10.5 Å². The zero-order chi connectivity index (χ0) is 15.2. The Balaban J connectivity index is 2.11. The highest BCUT2D eigenvalue weighted by atomic mass is 35.5. The van der Waals surface area contributed by atoms with E-state index in [9.17, 15) is 0 Å². The van der Waals surface area contributed by atoms with Crippen molar-refractivity contribution in [1.82, 2.24) is 14.8 Å². The second-order valence-corrected chi connectivity index (χ2v) is 5.71. The Kier molecular flexibility index (Phi) is 5.59. The van der Waals surface area contributed by atoms with Gasteiger partial charge in [-0.3, -0.25) is 0 Å². The van der Waals surface area contributed by atoms with E-state index in [0.29, 0.717) is 29.8 Å². The van der Waals surface area contributed by atoms with Gasteiger partial charge in [0.2, 0.25) is 0 Å². The molecule has 0 bridgehead atoms. The van der Waals surface area contributed by atoms with Crippen molar-refractivity contribution in [2.45, 2.75) is 33.4 Å². The van der Waals surface area contributed by atoms with Crippen LogP contribution in [0.1, 0.15) is 25.2 Å². The summed E-state index contributed by atoms with van der Waals surface area (Å²) >= 11 is 6.22. The number of benzene rings is 1. The van der Waals surface area contributed by atoms with Gasteiger partial charge in [-0.25, -0.2) is 9.67 Å². The molecule has 0 radical (unpaired) electrons. The van der Waals surface area contributed by atoms with Gasteiger partial charge in [-0.2, -0.15) is 5.10 Å². The van der Waals surface area contributed by atoms with E-state index >= 15 is 0 Å². The third kappa shape index (κ3) is 4.19. The minimum atomic E-state index is 0.341. The minimum Gasteiger partial charge on any atom is -0.484 e. The van der Waals surface area contributed by atoms with Crippen LogP contribution in [0.4, 0.5) is 0 Å². The summed E-state index contributed by atoms with van der Waals surface area (Å²) in [6.07, 6.45) is 2.28. The molecule has 0 aliphatic carbocycles. The fourth-order valence-corrected chi connectivity index (χ4v) is 2.35. The number of halogens is 1. The average Bonchev–Trinajstić information content (AvgIpc) is 2.85. The van der Waals surface area contributed by atoms with Crippen LogP contribution in [0.25, 0.3) is 0 Å². The van der Waals surface area contributed by atoms with E-state index in [0.717, 1.165) is 24.4 Å². The Morgan fingerprint density at radius 3 is 2.90 bits per heavy atom. The van der Waals surface area contributed by atoms with Gasteiger partial charge in [-0.1, -0.05) is 37.6 Å². The van der Waals surface area contributed by atoms with E-state index in [1.165, 1.54) is 0 Å². The molecule has 0 aliphatic rings. The molecule has 2 aromatic rings. The molecule has 0 spiro atoms. The van der Waals surface area contributed by atoms with Crippen LogP contribution in [0.2, 0.25) is 5.02 Å². The summed E-state index contributed by atoms with van der Waals surface area (Å²) in [5.41, 5.74) is 6.64. The molecule has 1 aromatic carbocycles. The molecule has 1 aromatic heterocycles. The van der Waals surface area contributed by atoms with E-state index in [1.807, 2.05) is 22.9 Å². The van der Waals surface area contributed by atoms with Crippen molar-refractivity contribution in [3.63, 3.8) is 0 Å². The molecule has 0 saturated heterocycles. The standard InChI is InChI=1S/C15H21ClN4O/c1-11(2)8-20-14(18-10-19-20)9-21-15-12(6-7-17)4-3-5-13(15)16/h3-5,10-11H,6-9,17H2,1-2H3. The van der Waals surface area contributed by atoms with E-state index in [-0.39, 0.29) is 0 Å². The van der Waals surface area contributed by atoms with Gasteiger partial charge in [0.05, 0.1) is 5.02 Å². The molecule has 5 nitrogen and oxygen atoms in total. The number of para-hydroxylation sites is 1. The van der Waals surface area contributed by atoms with Crippen molar-refractivity contribution in [3.05, 3.63) is 40.9 Å². The molecule has 0 fully saturated rings. The van der Waals surface area contributed by atoms with Gasteiger partial charge >= 0.3 is 0 Å². The van der Waals surface area contributed by atoms with Gasteiger partial charge in [-0.05, 0) is 30.5 Å². The third-order valence-corrected chi connectivity index (χ3v) is 3.34. The summed E-state index contributed by atoms with van der Waals surface area (Å²) < 4.78 is 7.74. The lowest BCUT2D eigenvalue weighted by Crippen LogP contribution is -2.13. The zero-order valence-corrected chi connectivity index (χ0v) is 13.2. The highest BCUT2D eigenvalue weighted by Gasteiger charge is 2.11. The Morgan fingerprint density at radius 2 is 2.19 bits per heavy atom. The number of ether oxygens (including phenoxy) is 1. The quantitative estimate of drug-likeness (QED) is 0.854. The molecule has 114 valence electrons. The van der Waals surface area contributed by atoms with Crippen LogP contribution < -0.4 is 10.5 Å². The van der Waals surface area contributed by atoms with Crippen molar-refractivity contribution in [2.24, 2.45) is 11.7 Å². The van der Waals surface area contributed by atoms with Crippen molar-refractivity contribution >= 4 is 11.6 Å². The highest BCUT2D eigenvalue weighted by molar-refractivity contribution is 6.32. The highest BCUT2D eigenvalue weighted by Crippen LogP contribution is 2.29. The second kappa shape index (κ2) is 7.43. The van der Waals surface area contributed by atoms with E-state index < -0.39 is 0 Å². The fourth-order valence-electron chi connectivity index (χ4n) is 2.10. The summed E-state index contributed by atoms with van der Waals surface area (Å²) in [7, 11) is 0. The molecular weight excluding hydrogens is 288 g/mol. The lowest BCUT2D eigenvalue weighted by Gasteiger charge is -2.13. The van der Waals surface area contributed by atoms with Crippen LogP contribution >= 0.6 is 11.6 Å². The summed E-state index contributed by atoms with van der Waals surface area (Å²) in [5.74, 6) is 1.98. The predicted octanol–water partition coefficient (Wildman–Crippen LogP) is 2.67. The topological polar surface area (TPSA) is 66.0 Å². The first-order valence-electron chi connectivity index (χ1n) is 7.08. The number of nitrogens with zero attached hydrogens (tertiary/aromatic N) is 3. The van der Waals surface area contributed by atoms with Crippen LogP contribution in [0.3, 0.4) is 0 Å². The average molecular weight is 309 g/mol. The molecule has 0 unspecified atom stereocenters. The first kappa shape index (κ1) is 15.8. The summed E-state index contributed by atoms with van der Waals surface area (Å²) in [6, 6.07) is 5.70. The van der Waals surface area contributed by atoms with Crippen molar-refractivity contribution in [3.8, 4) is 5.75 Å². The lowest BCUT2D eigenvalue weighted by atomic mass is 10.1. The maximum Gasteiger partial charge on any atom is 0.164 e. The molecule has 2 rings (SSSR count). The number of hydrogen-bond donors (Lipinski definition) is 1. The summed E-state index contributed by atoms with van der Waals surface area (Å²) in [6.45, 7) is 5.99. The van der Waals surface area contributed by atoms with E-state index in [4.69, 9.17) is 22.1 Å². The van der Waals surface area contributed by atoms with Crippen molar-refractivity contribution in [1.29, 1.82) is 0 Å². The number of hydrogen-bond acceptors (Lipinski definition) is 4. The lowest BCUT2D eigenvalue weighted by molar-refractivity contribution is 0.280. The number of rotatable bonds is 7. The molecular formula is C15H21ClN4O. The van der Waals surface area contributed by atoms with Gasteiger partial charge in [0, 0.05) is 6.54 Å². The molecule has 1 heterocycles. The monoisotopic (exact) mass is 308 g/mol. The van der Waals surface area contributed by atoms with Crippen LogP contribution in [0.15, 0.2) is 24.5 Å². The number of nitrogens with two attached hydrogens (primary N) is 1. The molecule has 0 amide bonds. The molecule has 2 N–H and O–H groups in total. The van der Waals surface area contributed by atoms with Gasteiger partial charge in [0.25, 0.3) is 0 Å². The van der Waals surface area contributed by atoms with Gasteiger partial charge in [0.1, 0.15) is 18.7 Å². The molecule has 6 heteroatoms. The molecule has 0 atom stereocenters. The predicted molar refractivity (Wildman–Crippen MR) is 83.4 cm³/mol. The maximum atomic E-state index is 6.22. The molecule has 0 aliphatic heterocycles. The Bertz CT molecular complexity index is 583.